The van der Waals surface area contributed by atoms with Gasteiger partial charge in [0.2, 0.25) is 0 Å². The Kier molecular flexibility index (Phi) is 4.05. The van der Waals surface area contributed by atoms with Gasteiger partial charge in [0.1, 0.15) is 0 Å². The van der Waals surface area contributed by atoms with Crippen LogP contribution in [0.25, 0.3) is 0 Å². The Morgan fingerprint density at radius 2 is 2.00 bits per heavy atom. The first-order valence-electron chi connectivity index (χ1n) is 6.78. The van der Waals surface area contributed by atoms with Gasteiger partial charge in [0.15, 0.2) is 0 Å². The largest absolute Gasteiger partial charge is 0.469 e. The molecule has 1 aromatic rings. The Hall–Kier alpha value is -1.31. The molecule has 98 valence electrons. The van der Waals surface area contributed by atoms with Gasteiger partial charge >= 0.3 is 5.97 Å². The minimum Gasteiger partial charge on any atom is -0.469 e. The zero-order valence-electron chi connectivity index (χ0n) is 11.5. The summed E-state index contributed by atoms with van der Waals surface area (Å²) in [5.74, 6) is 1.27. The molecule has 1 aliphatic rings. The highest BCUT2D eigenvalue weighted by molar-refractivity contribution is 5.75. The van der Waals surface area contributed by atoms with Crippen LogP contribution in [0.15, 0.2) is 24.3 Å². The van der Waals surface area contributed by atoms with Crippen molar-refractivity contribution in [3.05, 3.63) is 35.4 Å². The lowest BCUT2D eigenvalue weighted by atomic mass is 9.99. The molecule has 1 aromatic carbocycles. The summed E-state index contributed by atoms with van der Waals surface area (Å²) >= 11 is 0. The minimum atomic E-state index is -0.0323. The van der Waals surface area contributed by atoms with Crippen LogP contribution in [0, 0.1) is 11.8 Å². The smallest absolute Gasteiger partial charge is 0.308 e. The number of esters is 1. The van der Waals surface area contributed by atoms with E-state index in [2.05, 4.69) is 38.1 Å². The highest BCUT2D eigenvalue weighted by atomic mass is 16.5. The second-order valence-corrected chi connectivity index (χ2v) is 5.56. The van der Waals surface area contributed by atoms with Gasteiger partial charge in [-0.05, 0) is 42.2 Å². The summed E-state index contributed by atoms with van der Waals surface area (Å²) in [7, 11) is 1.47. The minimum absolute atomic E-state index is 0.0323. The van der Waals surface area contributed by atoms with E-state index in [1.165, 1.54) is 18.2 Å². The third-order valence-corrected chi connectivity index (χ3v) is 3.88. The summed E-state index contributed by atoms with van der Waals surface area (Å²) in [4.78, 5) is 11.3. The first kappa shape index (κ1) is 13.1. The summed E-state index contributed by atoms with van der Waals surface area (Å²) in [5.41, 5.74) is 2.76. The predicted molar refractivity (Wildman–Crippen MR) is 72.5 cm³/mol. The van der Waals surface area contributed by atoms with Crippen molar-refractivity contribution < 1.29 is 9.53 Å². The number of carbonyl (C=O) groups excluding carboxylic acids is 1. The van der Waals surface area contributed by atoms with E-state index in [9.17, 15) is 4.79 Å². The van der Waals surface area contributed by atoms with Crippen LogP contribution in [0.5, 0.6) is 0 Å². The number of rotatable bonds is 5. The lowest BCUT2D eigenvalue weighted by Gasteiger charge is -2.06. The second kappa shape index (κ2) is 5.55. The first-order valence-corrected chi connectivity index (χ1v) is 6.78. The fraction of sp³-hybridized carbons (Fsp3) is 0.562. The Morgan fingerprint density at radius 1 is 1.33 bits per heavy atom. The monoisotopic (exact) mass is 246 g/mol. The topological polar surface area (TPSA) is 26.3 Å². The molecule has 0 spiro atoms. The second-order valence-electron chi connectivity index (χ2n) is 5.56. The van der Waals surface area contributed by atoms with E-state index >= 15 is 0 Å². The van der Waals surface area contributed by atoms with E-state index in [4.69, 9.17) is 4.74 Å². The molecule has 18 heavy (non-hydrogen) atoms. The van der Waals surface area contributed by atoms with E-state index in [0.29, 0.717) is 11.8 Å². The molecule has 1 fully saturated rings. The van der Waals surface area contributed by atoms with Gasteiger partial charge in [0.25, 0.3) is 0 Å². The van der Waals surface area contributed by atoms with Crippen molar-refractivity contribution in [3.8, 4) is 0 Å². The Bertz CT molecular complexity index is 406. The summed E-state index contributed by atoms with van der Waals surface area (Å²) in [6.07, 6.45) is 3.17. The standard InChI is InChI=1S/C16H22O2/c1-11(2)13-7-4-12(5-8-13)6-9-14-10-15(14)16(17)18-3/h4-5,7-8,11,14-15H,6,9-10H2,1-3H3. The zero-order valence-corrected chi connectivity index (χ0v) is 11.5. The first-order chi connectivity index (χ1) is 8.61. The van der Waals surface area contributed by atoms with E-state index in [1.54, 1.807) is 0 Å². The van der Waals surface area contributed by atoms with Crippen molar-refractivity contribution in [2.45, 2.75) is 39.0 Å². The summed E-state index contributed by atoms with van der Waals surface area (Å²) in [6.45, 7) is 4.42. The number of ether oxygens (including phenoxy) is 1. The summed E-state index contributed by atoms with van der Waals surface area (Å²) < 4.78 is 4.76. The van der Waals surface area contributed by atoms with Crippen molar-refractivity contribution in [2.24, 2.45) is 11.8 Å². The molecule has 0 saturated heterocycles. The van der Waals surface area contributed by atoms with E-state index in [0.717, 1.165) is 19.3 Å². The highest BCUT2D eigenvalue weighted by Gasteiger charge is 2.43. The molecular formula is C16H22O2. The van der Waals surface area contributed by atoms with Gasteiger partial charge in [-0.2, -0.15) is 0 Å². The zero-order chi connectivity index (χ0) is 13.1. The maximum Gasteiger partial charge on any atom is 0.308 e. The van der Waals surface area contributed by atoms with E-state index in [1.807, 2.05) is 0 Å². The van der Waals surface area contributed by atoms with Gasteiger partial charge in [-0.1, -0.05) is 38.1 Å². The molecule has 0 N–H and O–H groups in total. The van der Waals surface area contributed by atoms with Crippen LogP contribution in [-0.4, -0.2) is 13.1 Å². The number of methoxy groups -OCH3 is 1. The van der Waals surface area contributed by atoms with Crippen LogP contribution in [0.3, 0.4) is 0 Å². The van der Waals surface area contributed by atoms with Crippen molar-refractivity contribution in [3.63, 3.8) is 0 Å². The van der Waals surface area contributed by atoms with Crippen molar-refractivity contribution >= 4 is 5.97 Å². The molecular weight excluding hydrogens is 224 g/mol. The Morgan fingerprint density at radius 3 is 2.56 bits per heavy atom. The molecule has 2 rings (SSSR count). The molecule has 0 aromatic heterocycles. The fourth-order valence-corrected chi connectivity index (χ4v) is 2.43. The Balaban J connectivity index is 1.79. The predicted octanol–water partition coefficient (Wildman–Crippen LogP) is 3.55. The quantitative estimate of drug-likeness (QED) is 0.743. The van der Waals surface area contributed by atoms with Gasteiger partial charge in [0.05, 0.1) is 13.0 Å². The lowest BCUT2D eigenvalue weighted by molar-refractivity contribution is -0.142. The van der Waals surface area contributed by atoms with Crippen molar-refractivity contribution in [2.75, 3.05) is 7.11 Å². The SMILES string of the molecule is COC(=O)C1CC1CCc1ccc(C(C)C)cc1. The molecule has 0 bridgehead atoms. The molecule has 2 heteroatoms. The van der Waals surface area contributed by atoms with E-state index < -0.39 is 0 Å². The molecule has 2 nitrogen and oxygen atoms in total. The Labute approximate surface area is 109 Å². The van der Waals surface area contributed by atoms with Gasteiger partial charge in [-0.25, -0.2) is 0 Å². The summed E-state index contributed by atoms with van der Waals surface area (Å²) in [5, 5.41) is 0. The van der Waals surface area contributed by atoms with Gasteiger partial charge in [0, 0.05) is 0 Å². The van der Waals surface area contributed by atoms with Crippen LogP contribution in [0.4, 0.5) is 0 Å². The number of hydrogen-bond acceptors (Lipinski definition) is 2. The molecule has 2 unspecified atom stereocenters. The van der Waals surface area contributed by atoms with Crippen LogP contribution in [0.1, 0.15) is 43.7 Å². The third kappa shape index (κ3) is 3.12. The number of benzene rings is 1. The molecule has 1 aliphatic carbocycles. The van der Waals surface area contributed by atoms with Crippen LogP contribution in [-0.2, 0) is 16.0 Å². The molecule has 1 saturated carbocycles. The highest BCUT2D eigenvalue weighted by Crippen LogP contribution is 2.42. The fourth-order valence-electron chi connectivity index (χ4n) is 2.43. The molecule has 0 amide bonds. The average Bonchev–Trinajstić information content (AvgIpc) is 3.15. The van der Waals surface area contributed by atoms with Gasteiger partial charge < -0.3 is 4.74 Å². The van der Waals surface area contributed by atoms with E-state index in [-0.39, 0.29) is 11.9 Å². The lowest BCUT2D eigenvalue weighted by Crippen LogP contribution is -2.04. The molecule has 0 radical (unpaired) electrons. The van der Waals surface area contributed by atoms with Gasteiger partial charge in [-0.3, -0.25) is 4.79 Å². The van der Waals surface area contributed by atoms with Crippen LogP contribution < -0.4 is 0 Å². The average molecular weight is 246 g/mol. The molecule has 2 atom stereocenters. The number of aryl methyl sites for hydroxylation is 1. The maximum absolute atomic E-state index is 11.3. The van der Waals surface area contributed by atoms with Crippen molar-refractivity contribution in [1.82, 2.24) is 0 Å². The van der Waals surface area contributed by atoms with Crippen LogP contribution >= 0.6 is 0 Å². The number of hydrogen-bond donors (Lipinski definition) is 0. The maximum atomic E-state index is 11.3. The van der Waals surface area contributed by atoms with Gasteiger partial charge in [-0.15, -0.1) is 0 Å². The summed E-state index contributed by atoms with van der Waals surface area (Å²) in [6, 6.07) is 8.85. The van der Waals surface area contributed by atoms with Crippen LogP contribution in [0.2, 0.25) is 0 Å². The number of carbonyl (C=O) groups is 1. The van der Waals surface area contributed by atoms with Crippen molar-refractivity contribution in [1.29, 1.82) is 0 Å². The normalized spacial score (nSPS) is 22.0. The molecule has 0 aliphatic heterocycles. The third-order valence-electron chi connectivity index (χ3n) is 3.88. The molecule has 0 heterocycles.